The van der Waals surface area contributed by atoms with Gasteiger partial charge in [-0.25, -0.2) is 0 Å². The van der Waals surface area contributed by atoms with E-state index in [1.165, 1.54) is 24.8 Å². The van der Waals surface area contributed by atoms with Gasteiger partial charge in [0.1, 0.15) is 0 Å². The molecule has 0 saturated carbocycles. The second kappa shape index (κ2) is 8.58. The van der Waals surface area contributed by atoms with Crippen LogP contribution in [0.5, 0.6) is 0 Å². The maximum atomic E-state index is 12.2. The van der Waals surface area contributed by atoms with Crippen LogP contribution < -0.4 is 0 Å². The maximum absolute atomic E-state index is 12.2. The Morgan fingerprint density at radius 3 is 2.55 bits per heavy atom. The lowest BCUT2D eigenvalue weighted by molar-refractivity contribution is -0.128. The Balaban J connectivity index is 1.73. The highest BCUT2D eigenvalue weighted by Crippen LogP contribution is 2.18. The average Bonchev–Trinajstić information content (AvgIpc) is 2.38. The van der Waals surface area contributed by atoms with Crippen LogP contribution in [0.1, 0.15) is 37.7 Å². The number of amides is 1. The van der Waals surface area contributed by atoms with E-state index in [1.807, 2.05) is 23.1 Å². The van der Waals surface area contributed by atoms with Gasteiger partial charge in [-0.2, -0.15) is 0 Å². The van der Waals surface area contributed by atoms with Gasteiger partial charge in [0, 0.05) is 23.9 Å². The van der Waals surface area contributed by atoms with E-state index >= 15 is 0 Å². The van der Waals surface area contributed by atoms with Gasteiger partial charge in [0.15, 0.2) is 0 Å². The highest BCUT2D eigenvalue weighted by Gasteiger charge is 2.14. The first-order valence-electron chi connectivity index (χ1n) is 7.35. The van der Waals surface area contributed by atoms with Crippen LogP contribution in [0.15, 0.2) is 24.3 Å². The van der Waals surface area contributed by atoms with E-state index in [0.717, 1.165) is 36.7 Å². The molecule has 1 aliphatic heterocycles. The molecular weight excluding hydrogens is 290 g/mol. The molecular formula is C16H22ClNOS. The molecule has 2 rings (SSSR count). The van der Waals surface area contributed by atoms with Crippen molar-refractivity contribution in [1.29, 1.82) is 0 Å². The molecule has 1 saturated heterocycles. The van der Waals surface area contributed by atoms with Crippen molar-refractivity contribution >= 4 is 29.3 Å². The molecule has 0 atom stereocenters. The number of halogens is 1. The minimum absolute atomic E-state index is 0.291. The molecule has 1 heterocycles. The van der Waals surface area contributed by atoms with Crippen LogP contribution in [-0.4, -0.2) is 29.6 Å². The first kappa shape index (κ1) is 15.7. The minimum atomic E-state index is 0.291. The summed E-state index contributed by atoms with van der Waals surface area (Å²) in [5.41, 5.74) is 1.18. The number of hydrogen-bond donors (Lipinski definition) is 0. The third-order valence-corrected chi connectivity index (χ3v) is 4.82. The summed E-state index contributed by atoms with van der Waals surface area (Å²) < 4.78 is 0. The second-order valence-corrected chi connectivity index (χ2v) is 6.69. The summed E-state index contributed by atoms with van der Waals surface area (Å²) >= 11 is 7.64. The largest absolute Gasteiger partial charge is 0.342 e. The van der Waals surface area contributed by atoms with Crippen molar-refractivity contribution in [1.82, 2.24) is 4.90 Å². The zero-order valence-electron chi connectivity index (χ0n) is 11.8. The van der Waals surface area contributed by atoms with Gasteiger partial charge in [0.05, 0.1) is 5.75 Å². The van der Waals surface area contributed by atoms with Gasteiger partial charge >= 0.3 is 0 Å². The number of thioether (sulfide) groups is 1. The van der Waals surface area contributed by atoms with Gasteiger partial charge in [0.2, 0.25) is 5.91 Å². The molecule has 1 aromatic carbocycles. The van der Waals surface area contributed by atoms with E-state index < -0.39 is 0 Å². The normalized spacial score (nSPS) is 16.6. The molecule has 110 valence electrons. The van der Waals surface area contributed by atoms with Crippen molar-refractivity contribution in [2.45, 2.75) is 37.9 Å². The van der Waals surface area contributed by atoms with Crippen LogP contribution >= 0.6 is 23.4 Å². The van der Waals surface area contributed by atoms with Crippen LogP contribution in [0.2, 0.25) is 5.02 Å². The molecule has 0 bridgehead atoms. The molecule has 0 spiro atoms. The number of likely N-dealkylation sites (tertiary alicyclic amines) is 1. The van der Waals surface area contributed by atoms with Crippen molar-refractivity contribution in [3.8, 4) is 0 Å². The third kappa shape index (κ3) is 5.37. The molecule has 0 N–H and O–H groups in total. The highest BCUT2D eigenvalue weighted by atomic mass is 35.5. The first-order valence-corrected chi connectivity index (χ1v) is 8.89. The molecule has 1 fully saturated rings. The van der Waals surface area contributed by atoms with Gasteiger partial charge in [-0.1, -0.05) is 43.0 Å². The van der Waals surface area contributed by atoms with Crippen molar-refractivity contribution < 1.29 is 4.79 Å². The third-order valence-electron chi connectivity index (χ3n) is 3.59. The number of rotatable bonds is 4. The number of carbonyl (C=O) groups excluding carboxylic acids is 1. The van der Waals surface area contributed by atoms with Crippen LogP contribution in [0.25, 0.3) is 0 Å². The van der Waals surface area contributed by atoms with Gasteiger partial charge in [0.25, 0.3) is 0 Å². The Kier molecular flexibility index (Phi) is 6.74. The van der Waals surface area contributed by atoms with E-state index in [4.69, 9.17) is 11.6 Å². The summed E-state index contributed by atoms with van der Waals surface area (Å²) in [5, 5.41) is 0.762. The van der Waals surface area contributed by atoms with Crippen molar-refractivity contribution in [2.75, 3.05) is 18.8 Å². The molecule has 0 aliphatic carbocycles. The molecule has 20 heavy (non-hydrogen) atoms. The van der Waals surface area contributed by atoms with Gasteiger partial charge < -0.3 is 4.90 Å². The van der Waals surface area contributed by atoms with Crippen molar-refractivity contribution in [3.05, 3.63) is 34.9 Å². The Morgan fingerprint density at radius 2 is 1.85 bits per heavy atom. The molecule has 2 nitrogen and oxygen atoms in total. The fourth-order valence-electron chi connectivity index (χ4n) is 2.47. The molecule has 1 amide bonds. The zero-order valence-corrected chi connectivity index (χ0v) is 13.4. The summed E-state index contributed by atoms with van der Waals surface area (Å²) in [6.07, 6.45) is 6.17. The van der Waals surface area contributed by atoms with Crippen LogP contribution in [0.4, 0.5) is 0 Å². The smallest absolute Gasteiger partial charge is 0.232 e. The maximum Gasteiger partial charge on any atom is 0.232 e. The number of carbonyl (C=O) groups is 1. The van der Waals surface area contributed by atoms with Gasteiger partial charge in [-0.15, -0.1) is 11.8 Å². The Bertz CT molecular complexity index is 430. The minimum Gasteiger partial charge on any atom is -0.342 e. The standard InChI is InChI=1S/C16H22ClNOS/c17-15-8-6-7-14(11-15)12-20-13-16(19)18-9-4-2-1-3-5-10-18/h6-8,11H,1-5,9-10,12-13H2. The lowest BCUT2D eigenvalue weighted by atomic mass is 10.1. The Morgan fingerprint density at radius 1 is 1.15 bits per heavy atom. The topological polar surface area (TPSA) is 20.3 Å². The Hall–Kier alpha value is -0.670. The van der Waals surface area contributed by atoms with E-state index in [0.29, 0.717) is 11.7 Å². The van der Waals surface area contributed by atoms with Crippen LogP contribution in [-0.2, 0) is 10.5 Å². The summed E-state index contributed by atoms with van der Waals surface area (Å²) in [4.78, 5) is 14.2. The van der Waals surface area contributed by atoms with Crippen molar-refractivity contribution in [3.63, 3.8) is 0 Å². The molecule has 4 heteroatoms. The highest BCUT2D eigenvalue weighted by molar-refractivity contribution is 7.99. The van der Waals surface area contributed by atoms with Gasteiger partial charge in [-0.05, 0) is 30.5 Å². The summed E-state index contributed by atoms with van der Waals surface area (Å²) in [5.74, 6) is 1.71. The monoisotopic (exact) mass is 311 g/mol. The molecule has 0 unspecified atom stereocenters. The van der Waals surface area contributed by atoms with Crippen LogP contribution in [0, 0.1) is 0 Å². The second-order valence-electron chi connectivity index (χ2n) is 5.27. The van der Waals surface area contributed by atoms with Crippen LogP contribution in [0.3, 0.4) is 0 Å². The predicted octanol–water partition coefficient (Wildman–Crippen LogP) is 4.37. The number of nitrogens with zero attached hydrogens (tertiary/aromatic N) is 1. The fourth-order valence-corrected chi connectivity index (χ4v) is 3.56. The lowest BCUT2D eigenvalue weighted by Crippen LogP contribution is -2.35. The molecule has 1 aromatic rings. The SMILES string of the molecule is O=C(CSCc1cccc(Cl)c1)N1CCCCCCC1. The zero-order chi connectivity index (χ0) is 14.2. The summed E-state index contributed by atoms with van der Waals surface area (Å²) in [6.45, 7) is 1.88. The first-order chi connectivity index (χ1) is 9.75. The van der Waals surface area contributed by atoms with E-state index in [9.17, 15) is 4.79 Å². The number of benzene rings is 1. The average molecular weight is 312 g/mol. The molecule has 0 radical (unpaired) electrons. The summed E-state index contributed by atoms with van der Waals surface area (Å²) in [6, 6.07) is 7.86. The predicted molar refractivity (Wildman–Crippen MR) is 87.3 cm³/mol. The fraction of sp³-hybridized carbons (Fsp3) is 0.562. The Labute approximate surface area is 130 Å². The van der Waals surface area contributed by atoms with Crippen molar-refractivity contribution in [2.24, 2.45) is 0 Å². The lowest BCUT2D eigenvalue weighted by Gasteiger charge is -2.24. The number of hydrogen-bond acceptors (Lipinski definition) is 2. The molecule has 0 aromatic heterocycles. The van der Waals surface area contributed by atoms with E-state index in [-0.39, 0.29) is 0 Å². The van der Waals surface area contributed by atoms with Gasteiger partial charge in [-0.3, -0.25) is 4.79 Å². The quantitative estimate of drug-likeness (QED) is 0.823. The summed E-state index contributed by atoms with van der Waals surface area (Å²) in [7, 11) is 0. The van der Waals surface area contributed by atoms with E-state index in [1.54, 1.807) is 11.8 Å². The molecule has 1 aliphatic rings. The van der Waals surface area contributed by atoms with E-state index in [2.05, 4.69) is 6.07 Å².